The molecule has 144 valence electrons. The van der Waals surface area contributed by atoms with E-state index in [1.807, 2.05) is 30.3 Å². The summed E-state index contributed by atoms with van der Waals surface area (Å²) < 4.78 is 7.38. The Balaban J connectivity index is 1.49. The van der Waals surface area contributed by atoms with E-state index in [0.717, 1.165) is 11.3 Å². The molecule has 0 aliphatic heterocycles. The fraction of sp³-hybridized carbons (Fsp3) is 0.0476. The number of ether oxygens (including phenoxy) is 1. The van der Waals surface area contributed by atoms with Gasteiger partial charge < -0.3 is 10.1 Å². The molecule has 0 aliphatic carbocycles. The Morgan fingerprint density at radius 1 is 1.03 bits per heavy atom. The second-order valence-corrected chi connectivity index (χ2v) is 6.61. The predicted molar refractivity (Wildman–Crippen MR) is 109 cm³/mol. The second-order valence-electron chi connectivity index (χ2n) is 6.17. The van der Waals surface area contributed by atoms with E-state index in [2.05, 4.69) is 20.8 Å². The topological polar surface area (TPSA) is 81.9 Å². The number of hydrogen-bond acceptors (Lipinski definition) is 5. The first-order valence-corrected chi connectivity index (χ1v) is 9.18. The molecule has 0 spiro atoms. The van der Waals surface area contributed by atoms with Crippen molar-refractivity contribution >= 4 is 23.2 Å². The summed E-state index contributed by atoms with van der Waals surface area (Å²) in [7, 11) is 0. The van der Waals surface area contributed by atoms with E-state index in [4.69, 9.17) is 16.3 Å². The number of aromatic nitrogens is 4. The van der Waals surface area contributed by atoms with Gasteiger partial charge in [0.2, 0.25) is 0 Å². The van der Waals surface area contributed by atoms with Crippen LogP contribution < -0.4 is 10.1 Å². The van der Waals surface area contributed by atoms with Crippen molar-refractivity contribution in [2.75, 3.05) is 5.32 Å². The summed E-state index contributed by atoms with van der Waals surface area (Å²) >= 11 is 5.91. The number of carbonyl (C=O) groups excluding carboxylic acids is 1. The standard InChI is InChI=1S/C21H16ClN5O2/c22-16-10-8-15(9-11-16)13-29-20-7-2-1-6-19(20)21(28)24-17-4-3-5-18(12-17)27-14-23-25-26-27/h1-12,14H,13H2,(H,24,28). The van der Waals surface area contributed by atoms with Crippen LogP contribution in [0.1, 0.15) is 15.9 Å². The Bertz CT molecular complexity index is 1110. The van der Waals surface area contributed by atoms with Crippen molar-refractivity contribution in [3.05, 3.63) is 95.3 Å². The summed E-state index contributed by atoms with van der Waals surface area (Å²) in [6.45, 7) is 0.330. The van der Waals surface area contributed by atoms with Gasteiger partial charge in [-0.3, -0.25) is 4.79 Å². The van der Waals surface area contributed by atoms with E-state index < -0.39 is 0 Å². The lowest BCUT2D eigenvalue weighted by molar-refractivity contribution is 0.102. The number of nitrogens with zero attached hydrogens (tertiary/aromatic N) is 4. The zero-order valence-corrected chi connectivity index (χ0v) is 16.0. The molecule has 1 aromatic heterocycles. The molecule has 7 nitrogen and oxygen atoms in total. The smallest absolute Gasteiger partial charge is 0.259 e. The van der Waals surface area contributed by atoms with Crippen molar-refractivity contribution in [3.63, 3.8) is 0 Å². The van der Waals surface area contributed by atoms with Gasteiger partial charge in [0.15, 0.2) is 0 Å². The second kappa shape index (κ2) is 8.53. The van der Waals surface area contributed by atoms with E-state index in [0.29, 0.717) is 28.6 Å². The maximum atomic E-state index is 12.8. The van der Waals surface area contributed by atoms with Crippen LogP contribution >= 0.6 is 11.6 Å². The summed E-state index contributed by atoms with van der Waals surface area (Å²) in [5.41, 5.74) is 2.75. The molecule has 3 aromatic carbocycles. The van der Waals surface area contributed by atoms with Gasteiger partial charge in [0, 0.05) is 10.7 Å². The summed E-state index contributed by atoms with van der Waals surface area (Å²) in [4.78, 5) is 12.8. The maximum Gasteiger partial charge on any atom is 0.259 e. The molecule has 0 atom stereocenters. The summed E-state index contributed by atoms with van der Waals surface area (Å²) in [5, 5.41) is 14.6. The Kier molecular flexibility index (Phi) is 5.49. The third-order valence-electron chi connectivity index (χ3n) is 4.16. The molecule has 1 amide bonds. The number of tetrazole rings is 1. The van der Waals surface area contributed by atoms with Crippen LogP contribution in [0.3, 0.4) is 0 Å². The van der Waals surface area contributed by atoms with E-state index in [9.17, 15) is 4.79 Å². The minimum atomic E-state index is -0.273. The van der Waals surface area contributed by atoms with Crippen LogP contribution in [0.15, 0.2) is 79.1 Å². The SMILES string of the molecule is O=C(Nc1cccc(-n2cnnn2)c1)c1ccccc1OCc1ccc(Cl)cc1. The van der Waals surface area contributed by atoms with Crippen molar-refractivity contribution < 1.29 is 9.53 Å². The molecule has 0 saturated carbocycles. The van der Waals surface area contributed by atoms with Crippen molar-refractivity contribution in [1.29, 1.82) is 0 Å². The first-order valence-electron chi connectivity index (χ1n) is 8.80. The van der Waals surface area contributed by atoms with E-state index in [-0.39, 0.29) is 5.91 Å². The van der Waals surface area contributed by atoms with E-state index in [1.165, 1.54) is 11.0 Å². The number of halogens is 1. The molecule has 0 aliphatic rings. The molecule has 29 heavy (non-hydrogen) atoms. The van der Waals surface area contributed by atoms with Gasteiger partial charge in [0.1, 0.15) is 18.7 Å². The fourth-order valence-electron chi connectivity index (χ4n) is 2.73. The minimum absolute atomic E-state index is 0.273. The number of amides is 1. The van der Waals surface area contributed by atoms with Crippen LogP contribution in [0, 0.1) is 0 Å². The number of rotatable bonds is 6. The Hall–Kier alpha value is -3.71. The van der Waals surface area contributed by atoms with Gasteiger partial charge in [-0.25, -0.2) is 4.68 Å². The molecule has 0 bridgehead atoms. The lowest BCUT2D eigenvalue weighted by Crippen LogP contribution is -2.14. The number of anilines is 1. The third kappa shape index (κ3) is 4.59. The van der Waals surface area contributed by atoms with Crippen LogP contribution in [0.5, 0.6) is 5.75 Å². The van der Waals surface area contributed by atoms with Gasteiger partial charge >= 0.3 is 0 Å². The molecule has 0 radical (unpaired) electrons. The number of para-hydroxylation sites is 1. The fourth-order valence-corrected chi connectivity index (χ4v) is 2.85. The molecule has 0 saturated heterocycles. The van der Waals surface area contributed by atoms with Gasteiger partial charge in [0.05, 0.1) is 11.3 Å². The molecule has 4 aromatic rings. The minimum Gasteiger partial charge on any atom is -0.488 e. The highest BCUT2D eigenvalue weighted by molar-refractivity contribution is 6.30. The van der Waals surface area contributed by atoms with Gasteiger partial charge in [-0.2, -0.15) is 0 Å². The van der Waals surface area contributed by atoms with Crippen LogP contribution in [0.2, 0.25) is 5.02 Å². The van der Waals surface area contributed by atoms with Crippen molar-refractivity contribution in [2.24, 2.45) is 0 Å². The monoisotopic (exact) mass is 405 g/mol. The number of nitrogens with one attached hydrogen (secondary N) is 1. The molecule has 4 rings (SSSR count). The maximum absolute atomic E-state index is 12.8. The molecule has 0 fully saturated rings. The van der Waals surface area contributed by atoms with Gasteiger partial charge in [0.25, 0.3) is 5.91 Å². The highest BCUT2D eigenvalue weighted by atomic mass is 35.5. The lowest BCUT2D eigenvalue weighted by Gasteiger charge is -2.12. The first kappa shape index (κ1) is 18.6. The van der Waals surface area contributed by atoms with E-state index >= 15 is 0 Å². The highest BCUT2D eigenvalue weighted by Crippen LogP contribution is 2.22. The number of hydrogen-bond donors (Lipinski definition) is 1. The summed E-state index contributed by atoms with van der Waals surface area (Å²) in [5.74, 6) is 0.224. The molecular formula is C21H16ClN5O2. The molecule has 0 unspecified atom stereocenters. The summed E-state index contributed by atoms with van der Waals surface area (Å²) in [6.07, 6.45) is 1.49. The molecule has 8 heteroatoms. The van der Waals surface area contributed by atoms with Crippen LogP contribution in [-0.4, -0.2) is 26.1 Å². The van der Waals surface area contributed by atoms with Crippen molar-refractivity contribution in [2.45, 2.75) is 6.61 Å². The molecule has 1 heterocycles. The van der Waals surface area contributed by atoms with Crippen molar-refractivity contribution in [3.8, 4) is 11.4 Å². The third-order valence-corrected chi connectivity index (χ3v) is 4.41. The van der Waals surface area contributed by atoms with Crippen LogP contribution in [-0.2, 0) is 6.61 Å². The first-order chi connectivity index (χ1) is 14.2. The largest absolute Gasteiger partial charge is 0.488 e. The van der Waals surface area contributed by atoms with Crippen LogP contribution in [0.25, 0.3) is 5.69 Å². The van der Waals surface area contributed by atoms with Crippen LogP contribution in [0.4, 0.5) is 5.69 Å². The normalized spacial score (nSPS) is 10.5. The highest BCUT2D eigenvalue weighted by Gasteiger charge is 2.13. The van der Waals surface area contributed by atoms with Gasteiger partial charge in [-0.05, 0) is 58.5 Å². The average Bonchev–Trinajstić information content (AvgIpc) is 3.29. The van der Waals surface area contributed by atoms with E-state index in [1.54, 1.807) is 42.5 Å². The number of benzene rings is 3. The van der Waals surface area contributed by atoms with Crippen molar-refractivity contribution in [1.82, 2.24) is 20.2 Å². The Labute approximate surface area is 171 Å². The quantitative estimate of drug-likeness (QED) is 0.521. The van der Waals surface area contributed by atoms with Gasteiger partial charge in [-0.15, -0.1) is 5.10 Å². The van der Waals surface area contributed by atoms with Gasteiger partial charge in [-0.1, -0.05) is 41.9 Å². The zero-order valence-electron chi connectivity index (χ0n) is 15.2. The Morgan fingerprint density at radius 2 is 1.86 bits per heavy atom. The summed E-state index contributed by atoms with van der Waals surface area (Å²) in [6, 6.07) is 21.7. The Morgan fingerprint density at radius 3 is 2.66 bits per heavy atom. The average molecular weight is 406 g/mol. The molecular weight excluding hydrogens is 390 g/mol. The zero-order chi connectivity index (χ0) is 20.1. The molecule has 1 N–H and O–H groups in total. The predicted octanol–water partition coefficient (Wildman–Crippen LogP) is 4.15. The number of carbonyl (C=O) groups is 1. The lowest BCUT2D eigenvalue weighted by atomic mass is 10.1.